The smallest absolute Gasteiger partial charge is 0.332 e. The summed E-state index contributed by atoms with van der Waals surface area (Å²) in [6.07, 6.45) is 1.53. The van der Waals surface area contributed by atoms with Crippen LogP contribution in [0.4, 0.5) is 8.78 Å². The number of hydrogen-bond donors (Lipinski definition) is 2. The van der Waals surface area contributed by atoms with E-state index in [1.807, 2.05) is 0 Å². The number of nitrogens with zero attached hydrogens (tertiary/aromatic N) is 4. The lowest BCUT2D eigenvalue weighted by atomic mass is 10.2. The number of halogens is 2. The summed E-state index contributed by atoms with van der Waals surface area (Å²) in [5.74, 6) is -2.50. The lowest BCUT2D eigenvalue weighted by Gasteiger charge is -2.08. The lowest BCUT2D eigenvalue weighted by Crippen LogP contribution is -2.39. The van der Waals surface area contributed by atoms with Crippen molar-refractivity contribution in [3.05, 3.63) is 86.0 Å². The van der Waals surface area contributed by atoms with E-state index in [-0.39, 0.29) is 35.6 Å². The molecule has 0 atom stereocenters. The number of aromatic amines is 1. The number of carbonyl (C=O) groups excluding carboxylic acids is 1. The number of carbonyl (C=O) groups is 1. The van der Waals surface area contributed by atoms with Crippen molar-refractivity contribution >= 4 is 17.1 Å². The SMILES string of the molecule is COc1cc(CNC(=O)c2nc3c([nH]2)c(=O)n(Cc2ccc(F)c(F)c2)c(=O)n3C)ccn1. The van der Waals surface area contributed by atoms with Gasteiger partial charge in [0.2, 0.25) is 5.88 Å². The van der Waals surface area contributed by atoms with Crippen LogP contribution in [0.25, 0.3) is 11.2 Å². The molecule has 12 heteroatoms. The highest BCUT2D eigenvalue weighted by molar-refractivity contribution is 5.93. The van der Waals surface area contributed by atoms with Gasteiger partial charge in [-0.05, 0) is 29.3 Å². The number of hydrogen-bond acceptors (Lipinski definition) is 6. The van der Waals surface area contributed by atoms with E-state index in [0.29, 0.717) is 5.88 Å². The minimum absolute atomic E-state index is 0.0118. The maximum absolute atomic E-state index is 13.5. The molecule has 1 aromatic carbocycles. The van der Waals surface area contributed by atoms with Crippen LogP contribution in [-0.4, -0.2) is 37.1 Å². The van der Waals surface area contributed by atoms with E-state index in [0.717, 1.165) is 26.8 Å². The fourth-order valence-corrected chi connectivity index (χ4v) is 3.25. The molecule has 4 aromatic rings. The summed E-state index contributed by atoms with van der Waals surface area (Å²) in [6.45, 7) is -0.142. The minimum atomic E-state index is -1.09. The summed E-state index contributed by atoms with van der Waals surface area (Å²) < 4.78 is 33.7. The number of amides is 1. The van der Waals surface area contributed by atoms with Crippen molar-refractivity contribution in [2.24, 2.45) is 7.05 Å². The molecule has 0 unspecified atom stereocenters. The maximum atomic E-state index is 13.5. The van der Waals surface area contributed by atoms with Crippen molar-refractivity contribution in [1.29, 1.82) is 0 Å². The van der Waals surface area contributed by atoms with Crippen LogP contribution in [0.1, 0.15) is 21.7 Å². The molecule has 10 nitrogen and oxygen atoms in total. The van der Waals surface area contributed by atoms with Crippen LogP contribution >= 0.6 is 0 Å². The maximum Gasteiger partial charge on any atom is 0.332 e. The second kappa shape index (κ2) is 8.65. The molecule has 0 aliphatic carbocycles. The monoisotopic (exact) mass is 456 g/mol. The average Bonchev–Trinajstić information content (AvgIpc) is 3.27. The van der Waals surface area contributed by atoms with Crippen LogP contribution < -0.4 is 21.3 Å². The van der Waals surface area contributed by atoms with Crippen molar-refractivity contribution in [2.45, 2.75) is 13.1 Å². The zero-order chi connectivity index (χ0) is 23.7. The third-order valence-electron chi connectivity index (χ3n) is 4.98. The van der Waals surface area contributed by atoms with Crippen LogP contribution in [0.5, 0.6) is 5.88 Å². The molecule has 3 aromatic heterocycles. The highest BCUT2D eigenvalue weighted by Crippen LogP contribution is 2.11. The van der Waals surface area contributed by atoms with Gasteiger partial charge in [0.15, 0.2) is 28.6 Å². The Morgan fingerprint density at radius 2 is 1.94 bits per heavy atom. The number of pyridine rings is 1. The van der Waals surface area contributed by atoms with Gasteiger partial charge in [-0.3, -0.25) is 18.7 Å². The molecule has 33 heavy (non-hydrogen) atoms. The molecule has 1 amide bonds. The molecule has 0 saturated heterocycles. The summed E-state index contributed by atoms with van der Waals surface area (Å²) in [5.41, 5.74) is -0.606. The number of methoxy groups -OCH3 is 1. The topological polar surface area (TPSA) is 124 Å². The second-order valence-corrected chi connectivity index (χ2v) is 7.15. The number of nitrogens with one attached hydrogen (secondary N) is 2. The van der Waals surface area contributed by atoms with Crippen LogP contribution in [-0.2, 0) is 20.1 Å². The Morgan fingerprint density at radius 1 is 1.15 bits per heavy atom. The van der Waals surface area contributed by atoms with Gasteiger partial charge in [-0.25, -0.2) is 23.5 Å². The van der Waals surface area contributed by atoms with Gasteiger partial charge in [-0.2, -0.15) is 0 Å². The normalized spacial score (nSPS) is 11.0. The number of fused-ring (bicyclic) bond motifs is 1. The van der Waals surface area contributed by atoms with Crippen molar-refractivity contribution in [2.75, 3.05) is 7.11 Å². The van der Waals surface area contributed by atoms with Gasteiger partial charge in [0, 0.05) is 25.9 Å². The molecule has 0 spiro atoms. The summed E-state index contributed by atoms with van der Waals surface area (Å²) in [5, 5.41) is 2.66. The summed E-state index contributed by atoms with van der Waals surface area (Å²) in [4.78, 5) is 48.9. The summed E-state index contributed by atoms with van der Waals surface area (Å²) in [6, 6.07) is 6.44. The summed E-state index contributed by atoms with van der Waals surface area (Å²) in [7, 11) is 2.86. The van der Waals surface area contributed by atoms with E-state index in [1.54, 1.807) is 12.1 Å². The van der Waals surface area contributed by atoms with Crippen LogP contribution in [0.2, 0.25) is 0 Å². The van der Waals surface area contributed by atoms with Crippen LogP contribution in [0, 0.1) is 11.6 Å². The van der Waals surface area contributed by atoms with Gasteiger partial charge in [0.05, 0.1) is 13.7 Å². The van der Waals surface area contributed by atoms with Gasteiger partial charge in [0.1, 0.15) is 0 Å². The van der Waals surface area contributed by atoms with Gasteiger partial charge >= 0.3 is 5.69 Å². The molecule has 0 aliphatic heterocycles. The number of benzene rings is 1. The number of rotatable bonds is 6. The number of H-pyrrole nitrogens is 1. The molecule has 2 N–H and O–H groups in total. The number of aryl methyl sites for hydroxylation is 1. The Balaban J connectivity index is 1.64. The molecule has 0 bridgehead atoms. The quantitative estimate of drug-likeness (QED) is 0.448. The lowest BCUT2D eigenvalue weighted by molar-refractivity contribution is 0.0941. The third kappa shape index (κ3) is 4.22. The number of ether oxygens (including phenoxy) is 1. The third-order valence-corrected chi connectivity index (χ3v) is 4.98. The Bertz CT molecular complexity index is 1490. The van der Waals surface area contributed by atoms with Gasteiger partial charge in [-0.15, -0.1) is 0 Å². The fourth-order valence-electron chi connectivity index (χ4n) is 3.25. The van der Waals surface area contributed by atoms with E-state index in [9.17, 15) is 23.2 Å². The molecular formula is C21H18F2N6O4. The van der Waals surface area contributed by atoms with E-state index in [2.05, 4.69) is 20.3 Å². The fraction of sp³-hybridized carbons (Fsp3) is 0.190. The Labute approximate surface area is 184 Å². The van der Waals surface area contributed by atoms with E-state index >= 15 is 0 Å². The molecule has 3 heterocycles. The predicted molar refractivity (Wildman–Crippen MR) is 113 cm³/mol. The number of aromatic nitrogens is 5. The summed E-state index contributed by atoms with van der Waals surface area (Å²) >= 11 is 0. The first-order valence-corrected chi connectivity index (χ1v) is 9.69. The molecule has 0 radical (unpaired) electrons. The largest absolute Gasteiger partial charge is 0.481 e. The Morgan fingerprint density at radius 3 is 2.67 bits per heavy atom. The first-order chi connectivity index (χ1) is 15.8. The van der Waals surface area contributed by atoms with E-state index in [4.69, 9.17) is 4.74 Å². The zero-order valence-electron chi connectivity index (χ0n) is 17.6. The standard InChI is InChI=1S/C21H18F2N6O4/c1-28-18-16(20(31)29(21(28)32)10-12-3-4-13(22)14(23)7-12)26-17(27-18)19(30)25-9-11-5-6-24-15(8-11)33-2/h3-8H,9-10H2,1-2H3,(H,25,30)(H,26,27). The number of imidazole rings is 1. The van der Waals surface area contributed by atoms with Gasteiger partial charge in [-0.1, -0.05) is 6.07 Å². The van der Waals surface area contributed by atoms with Crippen molar-refractivity contribution in [1.82, 2.24) is 29.4 Å². The average molecular weight is 456 g/mol. The van der Waals surface area contributed by atoms with E-state index < -0.39 is 28.8 Å². The highest BCUT2D eigenvalue weighted by Gasteiger charge is 2.19. The van der Waals surface area contributed by atoms with Crippen molar-refractivity contribution < 1.29 is 18.3 Å². The Hall–Kier alpha value is -4.35. The van der Waals surface area contributed by atoms with Crippen molar-refractivity contribution in [3.8, 4) is 5.88 Å². The molecule has 0 saturated carbocycles. The molecule has 4 rings (SSSR count). The second-order valence-electron chi connectivity index (χ2n) is 7.15. The molecule has 0 aliphatic rings. The van der Waals surface area contributed by atoms with Crippen molar-refractivity contribution in [3.63, 3.8) is 0 Å². The van der Waals surface area contributed by atoms with Crippen LogP contribution in [0.15, 0.2) is 46.1 Å². The van der Waals surface area contributed by atoms with E-state index in [1.165, 1.54) is 26.4 Å². The van der Waals surface area contributed by atoms with Gasteiger partial charge < -0.3 is 15.0 Å². The molecular weight excluding hydrogens is 438 g/mol. The van der Waals surface area contributed by atoms with Gasteiger partial charge in [0.25, 0.3) is 11.5 Å². The Kier molecular flexibility index (Phi) is 5.73. The predicted octanol–water partition coefficient (Wildman–Crippen LogP) is 1.08. The highest BCUT2D eigenvalue weighted by atomic mass is 19.2. The zero-order valence-corrected chi connectivity index (χ0v) is 17.6. The molecule has 0 fully saturated rings. The minimum Gasteiger partial charge on any atom is -0.481 e. The molecule has 170 valence electrons. The van der Waals surface area contributed by atoms with Crippen LogP contribution in [0.3, 0.4) is 0 Å². The first kappa shape index (κ1) is 21.9. The first-order valence-electron chi connectivity index (χ1n) is 9.69.